The van der Waals surface area contributed by atoms with Crippen LogP contribution in [0, 0.1) is 0 Å². The van der Waals surface area contributed by atoms with Gasteiger partial charge in [0.05, 0.1) is 12.1 Å². The zero-order chi connectivity index (χ0) is 13.7. The molecule has 0 aliphatic heterocycles. The van der Waals surface area contributed by atoms with Gasteiger partial charge in [0.25, 0.3) is 0 Å². The van der Waals surface area contributed by atoms with E-state index in [1.165, 1.54) is 43.2 Å². The van der Waals surface area contributed by atoms with E-state index >= 15 is 0 Å². The monoisotopic (exact) mass is 261 g/mol. The Balaban J connectivity index is 2.09. The van der Waals surface area contributed by atoms with Crippen molar-refractivity contribution in [2.45, 2.75) is 64.0 Å². The molecule has 1 fully saturated rings. The van der Waals surface area contributed by atoms with Gasteiger partial charge in [0.2, 0.25) is 0 Å². The molecule has 2 nitrogen and oxygen atoms in total. The van der Waals surface area contributed by atoms with Gasteiger partial charge in [-0.15, -0.1) is 0 Å². The molecule has 0 bridgehead atoms. The molecule has 2 heteroatoms. The number of hydrogen-bond donors (Lipinski definition) is 2. The van der Waals surface area contributed by atoms with Crippen molar-refractivity contribution in [3.8, 4) is 0 Å². The molecule has 1 unspecified atom stereocenters. The minimum absolute atomic E-state index is 0.149. The number of hydrogen-bond acceptors (Lipinski definition) is 2. The van der Waals surface area contributed by atoms with E-state index in [1.807, 2.05) is 0 Å². The largest absolute Gasteiger partial charge is 0.394 e. The van der Waals surface area contributed by atoms with E-state index < -0.39 is 0 Å². The number of benzene rings is 1. The highest BCUT2D eigenvalue weighted by Gasteiger charge is 2.29. The van der Waals surface area contributed by atoms with Gasteiger partial charge in [-0.1, -0.05) is 50.5 Å². The second kappa shape index (κ2) is 6.53. The van der Waals surface area contributed by atoms with Gasteiger partial charge in [-0.25, -0.2) is 0 Å². The van der Waals surface area contributed by atoms with Crippen molar-refractivity contribution in [3.63, 3.8) is 0 Å². The summed E-state index contributed by atoms with van der Waals surface area (Å²) in [5.74, 6) is 0. The highest BCUT2D eigenvalue weighted by Crippen LogP contribution is 2.26. The van der Waals surface area contributed by atoms with Crippen molar-refractivity contribution in [3.05, 3.63) is 35.4 Å². The summed E-state index contributed by atoms with van der Waals surface area (Å²) in [4.78, 5) is 0. The summed E-state index contributed by atoms with van der Waals surface area (Å²) in [5, 5.41) is 13.5. The van der Waals surface area contributed by atoms with Crippen LogP contribution in [0.25, 0.3) is 0 Å². The van der Waals surface area contributed by atoms with Crippen LogP contribution in [0.5, 0.6) is 0 Å². The van der Waals surface area contributed by atoms with E-state index in [9.17, 15) is 5.11 Å². The highest BCUT2D eigenvalue weighted by atomic mass is 16.3. The molecule has 2 rings (SSSR count). The first-order valence-electron chi connectivity index (χ1n) is 7.66. The maximum Gasteiger partial charge on any atom is 0.0652 e. The normalized spacial score (nSPS) is 19.5. The smallest absolute Gasteiger partial charge is 0.0652 e. The van der Waals surface area contributed by atoms with E-state index in [0.717, 1.165) is 6.42 Å². The number of aliphatic hydroxyl groups excluding tert-OH is 1. The van der Waals surface area contributed by atoms with Gasteiger partial charge in [-0.05, 0) is 37.3 Å². The van der Waals surface area contributed by atoms with Crippen molar-refractivity contribution in [2.75, 3.05) is 6.61 Å². The zero-order valence-electron chi connectivity index (χ0n) is 12.3. The molecule has 1 aromatic carbocycles. The Morgan fingerprint density at radius 2 is 1.84 bits per heavy atom. The summed E-state index contributed by atoms with van der Waals surface area (Å²) in [6.45, 7) is 4.46. The summed E-state index contributed by atoms with van der Waals surface area (Å²) in [5.41, 5.74) is 2.27. The maximum absolute atomic E-state index is 9.81. The maximum atomic E-state index is 9.81. The van der Waals surface area contributed by atoms with Crippen LogP contribution >= 0.6 is 0 Å². The fourth-order valence-corrected chi connectivity index (χ4v) is 3.07. The van der Waals surface area contributed by atoms with Gasteiger partial charge in [0.1, 0.15) is 0 Å². The minimum Gasteiger partial charge on any atom is -0.394 e. The summed E-state index contributed by atoms with van der Waals surface area (Å²) in [6, 6.07) is 9.30. The topological polar surface area (TPSA) is 32.3 Å². The summed E-state index contributed by atoms with van der Waals surface area (Å²) in [6.07, 6.45) is 7.42. The second-order valence-corrected chi connectivity index (χ2v) is 6.06. The highest BCUT2D eigenvalue weighted by molar-refractivity contribution is 5.28. The number of aryl methyl sites for hydroxylation is 1. The third-order valence-corrected chi connectivity index (χ3v) is 4.32. The first kappa shape index (κ1) is 14.5. The van der Waals surface area contributed by atoms with Gasteiger partial charge < -0.3 is 10.4 Å². The second-order valence-electron chi connectivity index (χ2n) is 6.06. The number of aliphatic hydroxyl groups is 1. The van der Waals surface area contributed by atoms with Crippen LogP contribution in [0.15, 0.2) is 24.3 Å². The first-order valence-corrected chi connectivity index (χ1v) is 7.66. The molecule has 1 saturated carbocycles. The van der Waals surface area contributed by atoms with Crippen molar-refractivity contribution in [2.24, 2.45) is 0 Å². The Morgan fingerprint density at radius 3 is 2.37 bits per heavy atom. The number of rotatable bonds is 6. The van der Waals surface area contributed by atoms with Crippen molar-refractivity contribution < 1.29 is 5.11 Å². The van der Waals surface area contributed by atoms with Gasteiger partial charge in [-0.3, -0.25) is 0 Å². The van der Waals surface area contributed by atoms with Crippen LogP contribution in [0.2, 0.25) is 0 Å². The Hall–Kier alpha value is -0.860. The summed E-state index contributed by atoms with van der Waals surface area (Å²) in [7, 11) is 0. The minimum atomic E-state index is -0.306. The Morgan fingerprint density at radius 1 is 1.21 bits per heavy atom. The first-order chi connectivity index (χ1) is 9.18. The molecule has 1 atom stereocenters. The Bertz CT molecular complexity index is 381. The SMILES string of the molecule is CCCc1ccc(C(C)(CO)NC2CCCC2)cc1. The summed E-state index contributed by atoms with van der Waals surface area (Å²) < 4.78 is 0. The molecular weight excluding hydrogens is 234 g/mol. The number of nitrogens with one attached hydrogen (secondary N) is 1. The van der Waals surface area contributed by atoms with Crippen molar-refractivity contribution in [1.29, 1.82) is 0 Å². The van der Waals surface area contributed by atoms with E-state index in [-0.39, 0.29) is 12.1 Å². The van der Waals surface area contributed by atoms with E-state index in [2.05, 4.69) is 43.4 Å². The average molecular weight is 261 g/mol. The quantitative estimate of drug-likeness (QED) is 0.823. The molecule has 1 aliphatic rings. The molecule has 19 heavy (non-hydrogen) atoms. The van der Waals surface area contributed by atoms with Gasteiger partial charge in [-0.2, -0.15) is 0 Å². The molecule has 106 valence electrons. The molecule has 0 amide bonds. The molecular formula is C17H27NO. The Labute approximate surface area is 117 Å². The van der Waals surface area contributed by atoms with Crippen LogP contribution in [0.1, 0.15) is 57.1 Å². The lowest BCUT2D eigenvalue weighted by Crippen LogP contribution is -2.47. The molecule has 0 saturated heterocycles. The van der Waals surface area contributed by atoms with Gasteiger partial charge >= 0.3 is 0 Å². The molecule has 0 radical (unpaired) electrons. The Kier molecular flexibility index (Phi) is 5.00. The third-order valence-electron chi connectivity index (χ3n) is 4.32. The van der Waals surface area contributed by atoms with Crippen LogP contribution in [0.4, 0.5) is 0 Å². The van der Waals surface area contributed by atoms with Crippen LogP contribution in [-0.2, 0) is 12.0 Å². The predicted octanol–water partition coefficient (Wildman–Crippen LogP) is 3.38. The molecule has 1 aliphatic carbocycles. The van der Waals surface area contributed by atoms with Crippen molar-refractivity contribution in [1.82, 2.24) is 5.32 Å². The summed E-state index contributed by atoms with van der Waals surface area (Å²) >= 11 is 0. The predicted molar refractivity (Wildman–Crippen MR) is 80.3 cm³/mol. The van der Waals surface area contributed by atoms with Crippen LogP contribution < -0.4 is 5.32 Å². The molecule has 1 aromatic rings. The van der Waals surface area contributed by atoms with E-state index in [1.54, 1.807) is 0 Å². The van der Waals surface area contributed by atoms with Gasteiger partial charge in [0.15, 0.2) is 0 Å². The lowest BCUT2D eigenvalue weighted by Gasteiger charge is -2.33. The molecule has 0 spiro atoms. The fraction of sp³-hybridized carbons (Fsp3) is 0.647. The molecule has 2 N–H and O–H groups in total. The lowest BCUT2D eigenvalue weighted by atomic mass is 9.90. The fourth-order valence-electron chi connectivity index (χ4n) is 3.07. The molecule has 0 aromatic heterocycles. The van der Waals surface area contributed by atoms with E-state index in [0.29, 0.717) is 6.04 Å². The van der Waals surface area contributed by atoms with Crippen LogP contribution in [-0.4, -0.2) is 17.8 Å². The molecule has 0 heterocycles. The average Bonchev–Trinajstić information content (AvgIpc) is 2.92. The van der Waals surface area contributed by atoms with Crippen molar-refractivity contribution >= 4 is 0 Å². The van der Waals surface area contributed by atoms with Crippen LogP contribution in [0.3, 0.4) is 0 Å². The third kappa shape index (κ3) is 3.58. The van der Waals surface area contributed by atoms with E-state index in [4.69, 9.17) is 0 Å². The standard InChI is InChI=1S/C17H27NO/c1-3-6-14-9-11-15(12-10-14)17(2,13-19)18-16-7-4-5-8-16/h9-12,16,18-19H,3-8,13H2,1-2H3. The van der Waals surface area contributed by atoms with Gasteiger partial charge in [0, 0.05) is 6.04 Å². The zero-order valence-corrected chi connectivity index (χ0v) is 12.3. The lowest BCUT2D eigenvalue weighted by molar-refractivity contribution is 0.161.